The third-order valence-corrected chi connectivity index (χ3v) is 3.01. The standard InChI is InChI=1S/C15H19N3O2/c1-3-12(20-13-7-5-4-6-11(13)2)15(19)18-10-14-16-8-9-17-14/h4-9,12H,3,10H2,1-2H3,(H,16,17)(H,18,19). The van der Waals surface area contributed by atoms with Crippen LogP contribution in [0.15, 0.2) is 36.7 Å². The molecule has 20 heavy (non-hydrogen) atoms. The summed E-state index contributed by atoms with van der Waals surface area (Å²) in [5, 5.41) is 2.82. The van der Waals surface area contributed by atoms with Crippen molar-refractivity contribution in [3.63, 3.8) is 0 Å². The number of hydrogen-bond acceptors (Lipinski definition) is 3. The van der Waals surface area contributed by atoms with Crippen molar-refractivity contribution in [2.75, 3.05) is 0 Å². The van der Waals surface area contributed by atoms with Crippen LogP contribution in [0.2, 0.25) is 0 Å². The zero-order chi connectivity index (χ0) is 14.4. The molecule has 0 aliphatic carbocycles. The van der Waals surface area contributed by atoms with E-state index in [2.05, 4.69) is 15.3 Å². The Hall–Kier alpha value is -2.30. The van der Waals surface area contributed by atoms with Crippen molar-refractivity contribution in [2.24, 2.45) is 0 Å². The number of aromatic amines is 1. The van der Waals surface area contributed by atoms with E-state index in [1.54, 1.807) is 12.4 Å². The number of hydrogen-bond donors (Lipinski definition) is 2. The minimum Gasteiger partial charge on any atom is -0.480 e. The summed E-state index contributed by atoms with van der Waals surface area (Å²) in [7, 11) is 0. The van der Waals surface area contributed by atoms with Crippen LogP contribution in [-0.4, -0.2) is 22.0 Å². The van der Waals surface area contributed by atoms with Crippen LogP contribution in [0.25, 0.3) is 0 Å². The minimum atomic E-state index is -0.494. The number of benzene rings is 1. The van der Waals surface area contributed by atoms with Crippen molar-refractivity contribution in [1.29, 1.82) is 0 Å². The molecular formula is C15H19N3O2. The van der Waals surface area contributed by atoms with Gasteiger partial charge in [0.1, 0.15) is 11.6 Å². The molecular weight excluding hydrogens is 254 g/mol. The molecule has 1 atom stereocenters. The normalized spacial score (nSPS) is 11.9. The zero-order valence-electron chi connectivity index (χ0n) is 11.7. The van der Waals surface area contributed by atoms with Gasteiger partial charge in [0, 0.05) is 12.4 Å². The molecule has 1 amide bonds. The number of para-hydroxylation sites is 1. The van der Waals surface area contributed by atoms with Crippen LogP contribution in [0, 0.1) is 6.92 Å². The molecule has 0 aliphatic heterocycles. The number of ether oxygens (including phenoxy) is 1. The van der Waals surface area contributed by atoms with Crippen LogP contribution >= 0.6 is 0 Å². The van der Waals surface area contributed by atoms with Gasteiger partial charge in [0.25, 0.3) is 5.91 Å². The Morgan fingerprint density at radius 2 is 2.25 bits per heavy atom. The number of rotatable bonds is 6. The Kier molecular flexibility index (Phi) is 4.76. The largest absolute Gasteiger partial charge is 0.480 e. The average Bonchev–Trinajstić information content (AvgIpc) is 2.97. The summed E-state index contributed by atoms with van der Waals surface area (Å²) in [5.41, 5.74) is 1.02. The molecule has 0 aliphatic rings. The van der Waals surface area contributed by atoms with Crippen LogP contribution < -0.4 is 10.1 Å². The second-order valence-electron chi connectivity index (χ2n) is 4.53. The Balaban J connectivity index is 1.94. The fourth-order valence-electron chi connectivity index (χ4n) is 1.84. The lowest BCUT2D eigenvalue weighted by Crippen LogP contribution is -2.37. The highest BCUT2D eigenvalue weighted by Crippen LogP contribution is 2.18. The highest BCUT2D eigenvalue weighted by Gasteiger charge is 2.18. The second kappa shape index (κ2) is 6.75. The molecule has 0 saturated carbocycles. The van der Waals surface area contributed by atoms with Gasteiger partial charge >= 0.3 is 0 Å². The average molecular weight is 273 g/mol. The van der Waals surface area contributed by atoms with E-state index in [-0.39, 0.29) is 5.91 Å². The topological polar surface area (TPSA) is 67.0 Å². The third-order valence-electron chi connectivity index (χ3n) is 3.01. The van der Waals surface area contributed by atoms with E-state index < -0.39 is 6.10 Å². The Morgan fingerprint density at radius 1 is 1.45 bits per heavy atom. The van der Waals surface area contributed by atoms with E-state index in [1.165, 1.54) is 0 Å². The van der Waals surface area contributed by atoms with Crippen LogP contribution in [0.1, 0.15) is 24.7 Å². The summed E-state index contributed by atoms with van der Waals surface area (Å²) >= 11 is 0. The summed E-state index contributed by atoms with van der Waals surface area (Å²) in [6.45, 7) is 4.26. The second-order valence-corrected chi connectivity index (χ2v) is 4.53. The van der Waals surface area contributed by atoms with Gasteiger partial charge in [0.05, 0.1) is 6.54 Å². The van der Waals surface area contributed by atoms with Gasteiger partial charge in [-0.1, -0.05) is 25.1 Å². The van der Waals surface area contributed by atoms with Gasteiger partial charge in [-0.2, -0.15) is 0 Å². The molecule has 5 heteroatoms. The maximum Gasteiger partial charge on any atom is 0.261 e. The van der Waals surface area contributed by atoms with Crippen molar-refractivity contribution in [3.05, 3.63) is 48.0 Å². The molecule has 1 aromatic heterocycles. The maximum atomic E-state index is 12.1. The maximum absolute atomic E-state index is 12.1. The van der Waals surface area contributed by atoms with Crippen LogP contribution in [-0.2, 0) is 11.3 Å². The van der Waals surface area contributed by atoms with Gasteiger partial charge in [0.2, 0.25) is 0 Å². The molecule has 0 spiro atoms. The Morgan fingerprint density at radius 3 is 2.90 bits per heavy atom. The van der Waals surface area contributed by atoms with Crippen LogP contribution in [0.5, 0.6) is 5.75 Å². The van der Waals surface area contributed by atoms with Crippen molar-refractivity contribution >= 4 is 5.91 Å². The number of carbonyl (C=O) groups is 1. The van der Waals surface area contributed by atoms with E-state index in [0.717, 1.165) is 17.1 Å². The smallest absolute Gasteiger partial charge is 0.261 e. The number of aromatic nitrogens is 2. The first-order chi connectivity index (χ1) is 9.70. The Labute approximate surface area is 118 Å². The summed E-state index contributed by atoms with van der Waals surface area (Å²) in [6.07, 6.45) is 3.50. The number of nitrogens with one attached hydrogen (secondary N) is 2. The number of amides is 1. The Bertz CT molecular complexity index is 552. The zero-order valence-corrected chi connectivity index (χ0v) is 11.7. The first-order valence-corrected chi connectivity index (χ1v) is 6.69. The molecule has 106 valence electrons. The van der Waals surface area contributed by atoms with E-state index in [9.17, 15) is 4.79 Å². The lowest BCUT2D eigenvalue weighted by Gasteiger charge is -2.18. The van der Waals surface area contributed by atoms with Crippen molar-refractivity contribution in [1.82, 2.24) is 15.3 Å². The summed E-state index contributed by atoms with van der Waals surface area (Å²) < 4.78 is 5.78. The quantitative estimate of drug-likeness (QED) is 0.847. The molecule has 1 heterocycles. The highest BCUT2D eigenvalue weighted by atomic mass is 16.5. The van der Waals surface area contributed by atoms with Crippen LogP contribution in [0.4, 0.5) is 0 Å². The summed E-state index contributed by atoms with van der Waals surface area (Å²) in [5.74, 6) is 1.34. The minimum absolute atomic E-state index is 0.132. The number of imidazole rings is 1. The monoisotopic (exact) mass is 273 g/mol. The summed E-state index contributed by atoms with van der Waals surface area (Å²) in [4.78, 5) is 19.1. The van der Waals surface area contributed by atoms with E-state index in [4.69, 9.17) is 4.74 Å². The fourth-order valence-corrected chi connectivity index (χ4v) is 1.84. The van der Waals surface area contributed by atoms with E-state index in [0.29, 0.717) is 13.0 Å². The van der Waals surface area contributed by atoms with E-state index >= 15 is 0 Å². The third kappa shape index (κ3) is 3.60. The van der Waals surface area contributed by atoms with Gasteiger partial charge in [-0.05, 0) is 25.0 Å². The molecule has 0 fully saturated rings. The lowest BCUT2D eigenvalue weighted by molar-refractivity contribution is -0.128. The van der Waals surface area contributed by atoms with Crippen molar-refractivity contribution in [3.8, 4) is 5.75 Å². The first kappa shape index (κ1) is 14.1. The molecule has 5 nitrogen and oxygen atoms in total. The molecule has 0 bridgehead atoms. The van der Waals surface area contributed by atoms with Crippen LogP contribution in [0.3, 0.4) is 0 Å². The number of aryl methyl sites for hydroxylation is 1. The molecule has 2 N–H and O–H groups in total. The van der Waals surface area contributed by atoms with Gasteiger partial charge in [-0.3, -0.25) is 4.79 Å². The van der Waals surface area contributed by atoms with Crippen molar-refractivity contribution in [2.45, 2.75) is 32.9 Å². The predicted octanol–water partition coefficient (Wildman–Crippen LogP) is 2.19. The molecule has 0 saturated heterocycles. The predicted molar refractivity (Wildman–Crippen MR) is 76.3 cm³/mol. The van der Waals surface area contributed by atoms with Gasteiger partial charge in [-0.25, -0.2) is 4.98 Å². The molecule has 1 unspecified atom stereocenters. The number of nitrogens with zero attached hydrogens (tertiary/aromatic N) is 1. The highest BCUT2D eigenvalue weighted by molar-refractivity contribution is 5.81. The SMILES string of the molecule is CCC(Oc1ccccc1C)C(=O)NCc1ncc[nH]1. The van der Waals surface area contributed by atoms with Gasteiger partial charge in [-0.15, -0.1) is 0 Å². The van der Waals surface area contributed by atoms with Crippen molar-refractivity contribution < 1.29 is 9.53 Å². The van der Waals surface area contributed by atoms with Gasteiger partial charge < -0.3 is 15.0 Å². The van der Waals surface area contributed by atoms with E-state index in [1.807, 2.05) is 38.1 Å². The molecule has 1 aromatic carbocycles. The lowest BCUT2D eigenvalue weighted by atomic mass is 10.2. The molecule has 2 rings (SSSR count). The number of carbonyl (C=O) groups excluding carboxylic acids is 1. The fraction of sp³-hybridized carbons (Fsp3) is 0.333. The summed E-state index contributed by atoms with van der Waals surface area (Å²) in [6, 6.07) is 7.68. The molecule has 2 aromatic rings. The molecule has 0 radical (unpaired) electrons. The van der Waals surface area contributed by atoms with Gasteiger partial charge in [0.15, 0.2) is 6.10 Å². The number of H-pyrrole nitrogens is 1. The first-order valence-electron chi connectivity index (χ1n) is 6.69.